The fourth-order valence-corrected chi connectivity index (χ4v) is 3.06. The molecule has 1 nitrogen and oxygen atoms in total. The first-order chi connectivity index (χ1) is 9.92. The predicted octanol–water partition coefficient (Wildman–Crippen LogP) is 5.45. The molecular weight excluding hydrogens is 308 g/mol. The van der Waals surface area contributed by atoms with Crippen molar-refractivity contribution in [3.63, 3.8) is 0 Å². The maximum absolute atomic E-state index is 13.8. The molecule has 1 unspecified atom stereocenters. The summed E-state index contributed by atoms with van der Waals surface area (Å²) >= 11 is 12.2. The zero-order valence-electron chi connectivity index (χ0n) is 12.3. The highest BCUT2D eigenvalue weighted by atomic mass is 35.5. The Balaban J connectivity index is 2.53. The SMILES string of the molecule is CCNC(c1cc(Cl)cc(Cl)c1)c1cc(C)c(F)c(C)c1. The van der Waals surface area contributed by atoms with Crippen molar-refractivity contribution in [1.82, 2.24) is 5.32 Å². The van der Waals surface area contributed by atoms with Crippen molar-refractivity contribution >= 4 is 23.2 Å². The first-order valence-corrected chi connectivity index (χ1v) is 7.64. The zero-order chi connectivity index (χ0) is 15.6. The third-order valence-electron chi connectivity index (χ3n) is 3.42. The molecule has 0 bridgehead atoms. The Bertz CT molecular complexity index is 612. The minimum Gasteiger partial charge on any atom is -0.307 e. The first-order valence-electron chi connectivity index (χ1n) is 6.88. The normalized spacial score (nSPS) is 12.5. The van der Waals surface area contributed by atoms with E-state index in [2.05, 4.69) is 5.32 Å². The lowest BCUT2D eigenvalue weighted by atomic mass is 9.95. The Morgan fingerprint density at radius 2 is 1.43 bits per heavy atom. The van der Waals surface area contributed by atoms with Crippen LogP contribution in [-0.4, -0.2) is 6.54 Å². The van der Waals surface area contributed by atoms with E-state index in [0.29, 0.717) is 21.2 Å². The molecule has 21 heavy (non-hydrogen) atoms. The van der Waals surface area contributed by atoms with E-state index < -0.39 is 0 Å². The standard InChI is InChI=1S/C17H18Cl2FN/c1-4-21-17(13-7-14(18)9-15(19)8-13)12-5-10(2)16(20)11(3)6-12/h5-9,17,21H,4H2,1-3H3. The van der Waals surface area contributed by atoms with Crippen molar-refractivity contribution < 1.29 is 4.39 Å². The quantitative estimate of drug-likeness (QED) is 0.788. The summed E-state index contributed by atoms with van der Waals surface area (Å²) < 4.78 is 13.8. The molecule has 0 amide bonds. The summed E-state index contributed by atoms with van der Waals surface area (Å²) in [7, 11) is 0. The first kappa shape index (κ1) is 16.3. The van der Waals surface area contributed by atoms with E-state index >= 15 is 0 Å². The second-order valence-corrected chi connectivity index (χ2v) is 6.04. The highest BCUT2D eigenvalue weighted by Crippen LogP contribution is 2.29. The predicted molar refractivity (Wildman–Crippen MR) is 87.9 cm³/mol. The molecular formula is C17H18Cl2FN. The van der Waals surface area contributed by atoms with Crippen LogP contribution in [0.25, 0.3) is 0 Å². The van der Waals surface area contributed by atoms with Crippen LogP contribution in [0.2, 0.25) is 10.0 Å². The lowest BCUT2D eigenvalue weighted by molar-refractivity contribution is 0.598. The number of aryl methyl sites for hydroxylation is 2. The topological polar surface area (TPSA) is 12.0 Å². The average molecular weight is 326 g/mol. The molecule has 4 heteroatoms. The Morgan fingerprint density at radius 3 is 1.90 bits per heavy atom. The van der Waals surface area contributed by atoms with Gasteiger partial charge in [0.05, 0.1) is 6.04 Å². The number of benzene rings is 2. The fourth-order valence-electron chi connectivity index (χ4n) is 2.52. The van der Waals surface area contributed by atoms with Crippen molar-refractivity contribution in [2.45, 2.75) is 26.8 Å². The van der Waals surface area contributed by atoms with Crippen LogP contribution in [0.4, 0.5) is 4.39 Å². The van der Waals surface area contributed by atoms with Crippen LogP contribution in [0.3, 0.4) is 0 Å². The van der Waals surface area contributed by atoms with Gasteiger partial charge in [-0.1, -0.05) is 42.3 Å². The van der Waals surface area contributed by atoms with Crippen molar-refractivity contribution in [3.8, 4) is 0 Å². The molecule has 1 atom stereocenters. The van der Waals surface area contributed by atoms with Crippen LogP contribution in [0.5, 0.6) is 0 Å². The summed E-state index contributed by atoms with van der Waals surface area (Å²) in [6.07, 6.45) is 0. The van der Waals surface area contributed by atoms with Gasteiger partial charge in [-0.05, 0) is 60.8 Å². The minimum absolute atomic E-state index is 0.0656. The second-order valence-electron chi connectivity index (χ2n) is 5.16. The molecule has 0 saturated carbocycles. The average Bonchev–Trinajstić information content (AvgIpc) is 2.40. The lowest BCUT2D eigenvalue weighted by Crippen LogP contribution is -2.22. The highest BCUT2D eigenvalue weighted by molar-refractivity contribution is 6.34. The van der Waals surface area contributed by atoms with Crippen molar-refractivity contribution in [2.75, 3.05) is 6.54 Å². The van der Waals surface area contributed by atoms with Gasteiger partial charge in [0.25, 0.3) is 0 Å². The molecule has 0 saturated heterocycles. The van der Waals surface area contributed by atoms with Crippen LogP contribution in [0.1, 0.15) is 35.2 Å². The summed E-state index contributed by atoms with van der Waals surface area (Å²) in [6, 6.07) is 9.14. The zero-order valence-corrected chi connectivity index (χ0v) is 13.8. The Labute approximate surface area is 135 Å². The molecule has 0 aromatic heterocycles. The van der Waals surface area contributed by atoms with Crippen molar-refractivity contribution in [1.29, 1.82) is 0 Å². The number of halogens is 3. The largest absolute Gasteiger partial charge is 0.307 e. The van der Waals surface area contributed by atoms with E-state index in [1.807, 2.05) is 31.2 Å². The maximum atomic E-state index is 13.8. The van der Waals surface area contributed by atoms with Crippen molar-refractivity contribution in [3.05, 3.63) is 68.4 Å². The molecule has 2 aromatic carbocycles. The molecule has 0 radical (unpaired) electrons. The third kappa shape index (κ3) is 3.76. The van der Waals surface area contributed by atoms with E-state index in [4.69, 9.17) is 23.2 Å². The van der Waals surface area contributed by atoms with Crippen molar-refractivity contribution in [2.24, 2.45) is 0 Å². The molecule has 0 aliphatic heterocycles. The van der Waals surface area contributed by atoms with E-state index in [9.17, 15) is 4.39 Å². The van der Waals surface area contributed by atoms with E-state index in [0.717, 1.165) is 17.7 Å². The Kier molecular flexibility index (Phi) is 5.26. The lowest BCUT2D eigenvalue weighted by Gasteiger charge is -2.21. The van der Waals surface area contributed by atoms with Gasteiger partial charge in [-0.25, -0.2) is 4.39 Å². The monoisotopic (exact) mass is 325 g/mol. The van der Waals surface area contributed by atoms with Crippen LogP contribution < -0.4 is 5.32 Å². The summed E-state index contributed by atoms with van der Waals surface area (Å²) in [4.78, 5) is 0. The molecule has 0 spiro atoms. The molecule has 0 aliphatic carbocycles. The molecule has 0 aliphatic rings. The Morgan fingerprint density at radius 1 is 0.952 bits per heavy atom. The number of hydrogen-bond acceptors (Lipinski definition) is 1. The molecule has 2 rings (SSSR count). The van der Waals surface area contributed by atoms with Crippen LogP contribution in [0.15, 0.2) is 30.3 Å². The van der Waals surface area contributed by atoms with E-state index in [1.165, 1.54) is 0 Å². The smallest absolute Gasteiger partial charge is 0.129 e. The van der Waals surface area contributed by atoms with Gasteiger partial charge in [-0.2, -0.15) is 0 Å². The molecule has 0 heterocycles. The number of rotatable bonds is 4. The Hall–Kier alpha value is -1.09. The van der Waals surface area contributed by atoms with Gasteiger partial charge in [0, 0.05) is 10.0 Å². The highest BCUT2D eigenvalue weighted by Gasteiger charge is 2.16. The van der Waals surface area contributed by atoms with Crippen LogP contribution >= 0.6 is 23.2 Å². The minimum atomic E-state index is -0.155. The third-order valence-corrected chi connectivity index (χ3v) is 3.86. The van der Waals surface area contributed by atoms with Gasteiger partial charge in [-0.3, -0.25) is 0 Å². The summed E-state index contributed by atoms with van der Waals surface area (Å²) in [6.45, 7) is 6.37. The van der Waals surface area contributed by atoms with Gasteiger partial charge >= 0.3 is 0 Å². The van der Waals surface area contributed by atoms with Gasteiger partial charge in [0.2, 0.25) is 0 Å². The van der Waals surface area contributed by atoms with Crippen LogP contribution in [-0.2, 0) is 0 Å². The molecule has 2 aromatic rings. The van der Waals surface area contributed by atoms with E-state index in [1.54, 1.807) is 19.9 Å². The number of hydrogen-bond donors (Lipinski definition) is 1. The summed E-state index contributed by atoms with van der Waals surface area (Å²) in [5.41, 5.74) is 3.26. The van der Waals surface area contributed by atoms with E-state index in [-0.39, 0.29) is 11.9 Å². The molecule has 1 N–H and O–H groups in total. The van der Waals surface area contributed by atoms with Gasteiger partial charge in [-0.15, -0.1) is 0 Å². The van der Waals surface area contributed by atoms with Gasteiger partial charge in [0.1, 0.15) is 5.82 Å². The van der Waals surface area contributed by atoms with Gasteiger partial charge in [0.15, 0.2) is 0 Å². The van der Waals surface area contributed by atoms with Crippen LogP contribution in [0, 0.1) is 19.7 Å². The van der Waals surface area contributed by atoms with Gasteiger partial charge < -0.3 is 5.32 Å². The maximum Gasteiger partial charge on any atom is 0.129 e. The summed E-state index contributed by atoms with van der Waals surface area (Å²) in [5, 5.41) is 4.59. The fraction of sp³-hybridized carbons (Fsp3) is 0.294. The molecule has 112 valence electrons. The second kappa shape index (κ2) is 6.78. The summed E-state index contributed by atoms with van der Waals surface area (Å²) in [5.74, 6) is -0.155. The molecule has 0 fully saturated rings. The number of nitrogens with one attached hydrogen (secondary N) is 1.